The highest BCUT2D eigenvalue weighted by Crippen LogP contribution is 2.20. The number of nitrogens with one attached hydrogen (secondary N) is 1. The maximum Gasteiger partial charge on any atom is 0.243 e. The summed E-state index contributed by atoms with van der Waals surface area (Å²) in [5, 5.41) is 7.45. The first-order valence-electron chi connectivity index (χ1n) is 8.33. The fourth-order valence-corrected chi connectivity index (χ4v) is 2.32. The first kappa shape index (κ1) is 17.5. The standard InChI is InChI=1S/C18H21N7O/c1-4-14-9-16(23-18(22-14)13-5-7-19-8-6-13)21-15-10-20-25(11-15)12-17(26)24(2)3/h5-11H,4,12H2,1-3H3,(H,21,22,23). The molecule has 3 aromatic heterocycles. The van der Waals surface area contributed by atoms with E-state index in [1.165, 1.54) is 4.90 Å². The third-order valence-electron chi connectivity index (χ3n) is 3.78. The van der Waals surface area contributed by atoms with Crippen LogP contribution in [0.3, 0.4) is 0 Å². The van der Waals surface area contributed by atoms with Crippen molar-refractivity contribution in [2.24, 2.45) is 0 Å². The zero-order valence-corrected chi connectivity index (χ0v) is 15.0. The zero-order chi connectivity index (χ0) is 18.5. The zero-order valence-electron chi connectivity index (χ0n) is 15.0. The van der Waals surface area contributed by atoms with E-state index >= 15 is 0 Å². The summed E-state index contributed by atoms with van der Waals surface area (Å²) in [4.78, 5) is 26.5. The van der Waals surface area contributed by atoms with E-state index in [2.05, 4.69) is 25.4 Å². The van der Waals surface area contributed by atoms with Gasteiger partial charge in [-0.3, -0.25) is 14.5 Å². The Labute approximate surface area is 151 Å². The highest BCUT2D eigenvalue weighted by Gasteiger charge is 2.09. The molecule has 0 spiro atoms. The van der Waals surface area contributed by atoms with Crippen LogP contribution in [0.5, 0.6) is 0 Å². The number of nitrogens with zero attached hydrogens (tertiary/aromatic N) is 6. The topological polar surface area (TPSA) is 88.8 Å². The van der Waals surface area contributed by atoms with Crippen molar-refractivity contribution in [3.63, 3.8) is 0 Å². The fraction of sp³-hybridized carbons (Fsp3) is 0.278. The molecule has 0 fully saturated rings. The van der Waals surface area contributed by atoms with E-state index in [0.717, 1.165) is 23.4 Å². The van der Waals surface area contributed by atoms with Gasteiger partial charge in [0.25, 0.3) is 0 Å². The van der Waals surface area contributed by atoms with Crippen molar-refractivity contribution in [1.82, 2.24) is 29.6 Å². The average molecular weight is 351 g/mol. The molecule has 0 aliphatic heterocycles. The lowest BCUT2D eigenvalue weighted by Gasteiger charge is -2.09. The highest BCUT2D eigenvalue weighted by atomic mass is 16.2. The third-order valence-corrected chi connectivity index (χ3v) is 3.78. The van der Waals surface area contributed by atoms with Crippen LogP contribution in [0.1, 0.15) is 12.6 Å². The minimum absolute atomic E-state index is 0.0186. The summed E-state index contributed by atoms with van der Waals surface area (Å²) in [7, 11) is 3.44. The van der Waals surface area contributed by atoms with Gasteiger partial charge in [0.05, 0.1) is 11.9 Å². The lowest BCUT2D eigenvalue weighted by molar-refractivity contribution is -0.129. The van der Waals surface area contributed by atoms with Crippen LogP contribution in [0.2, 0.25) is 0 Å². The Morgan fingerprint density at radius 2 is 2.00 bits per heavy atom. The van der Waals surface area contributed by atoms with Gasteiger partial charge in [0, 0.05) is 50.0 Å². The summed E-state index contributed by atoms with van der Waals surface area (Å²) in [6.45, 7) is 2.24. The van der Waals surface area contributed by atoms with Gasteiger partial charge in [-0.05, 0) is 18.6 Å². The summed E-state index contributed by atoms with van der Waals surface area (Å²) in [5.74, 6) is 1.31. The number of aromatic nitrogens is 5. The van der Waals surface area contributed by atoms with Crippen LogP contribution >= 0.6 is 0 Å². The molecule has 26 heavy (non-hydrogen) atoms. The van der Waals surface area contributed by atoms with E-state index in [4.69, 9.17) is 0 Å². The van der Waals surface area contributed by atoms with E-state index in [-0.39, 0.29) is 12.5 Å². The Hall–Kier alpha value is -3.29. The molecular formula is C18H21N7O. The number of carbonyl (C=O) groups excluding carboxylic acids is 1. The normalized spacial score (nSPS) is 10.6. The lowest BCUT2D eigenvalue weighted by Crippen LogP contribution is -2.26. The summed E-state index contributed by atoms with van der Waals surface area (Å²) < 4.78 is 1.59. The minimum Gasteiger partial charge on any atom is -0.347 e. The second kappa shape index (κ2) is 7.73. The molecule has 0 radical (unpaired) electrons. The first-order valence-corrected chi connectivity index (χ1v) is 8.33. The van der Waals surface area contributed by atoms with Crippen molar-refractivity contribution in [1.29, 1.82) is 0 Å². The summed E-state index contributed by atoms with van der Waals surface area (Å²) in [6.07, 6.45) is 7.68. The van der Waals surface area contributed by atoms with Crippen LogP contribution in [-0.2, 0) is 17.8 Å². The molecule has 0 bridgehead atoms. The van der Waals surface area contributed by atoms with Crippen molar-refractivity contribution in [3.8, 4) is 11.4 Å². The minimum atomic E-state index is -0.0186. The third kappa shape index (κ3) is 4.21. The quantitative estimate of drug-likeness (QED) is 0.732. The molecule has 0 saturated heterocycles. The van der Waals surface area contributed by atoms with Gasteiger partial charge >= 0.3 is 0 Å². The maximum absolute atomic E-state index is 11.8. The van der Waals surface area contributed by atoms with Crippen LogP contribution in [0.15, 0.2) is 43.0 Å². The van der Waals surface area contributed by atoms with Gasteiger partial charge in [0.2, 0.25) is 5.91 Å². The van der Waals surface area contributed by atoms with Crippen LogP contribution in [0, 0.1) is 0 Å². The van der Waals surface area contributed by atoms with Gasteiger partial charge in [-0.15, -0.1) is 0 Å². The predicted octanol–water partition coefficient (Wildman–Crippen LogP) is 2.13. The number of aryl methyl sites for hydroxylation is 1. The maximum atomic E-state index is 11.8. The van der Waals surface area contributed by atoms with E-state index < -0.39 is 0 Å². The van der Waals surface area contributed by atoms with Crippen molar-refractivity contribution in [2.75, 3.05) is 19.4 Å². The Balaban J connectivity index is 1.82. The molecular weight excluding hydrogens is 330 g/mol. The van der Waals surface area contributed by atoms with E-state index in [1.54, 1.807) is 43.6 Å². The van der Waals surface area contributed by atoms with Gasteiger partial charge < -0.3 is 10.2 Å². The Morgan fingerprint density at radius 3 is 2.69 bits per heavy atom. The molecule has 8 nitrogen and oxygen atoms in total. The Morgan fingerprint density at radius 1 is 1.23 bits per heavy atom. The lowest BCUT2D eigenvalue weighted by atomic mass is 10.2. The largest absolute Gasteiger partial charge is 0.347 e. The molecule has 3 rings (SSSR count). The second-order valence-electron chi connectivity index (χ2n) is 6.00. The molecule has 3 aromatic rings. The van der Waals surface area contributed by atoms with Gasteiger partial charge in [0.1, 0.15) is 12.4 Å². The summed E-state index contributed by atoms with van der Waals surface area (Å²) in [6, 6.07) is 5.67. The monoisotopic (exact) mass is 351 g/mol. The molecule has 0 aliphatic carbocycles. The van der Waals surface area contributed by atoms with Gasteiger partial charge in [-0.1, -0.05) is 6.92 Å². The smallest absolute Gasteiger partial charge is 0.243 e. The number of amides is 1. The number of pyridine rings is 1. The molecule has 0 unspecified atom stereocenters. The molecule has 0 aromatic carbocycles. The van der Waals surface area contributed by atoms with Crippen molar-refractivity contribution in [2.45, 2.75) is 19.9 Å². The Kier molecular flexibility index (Phi) is 5.21. The number of hydrogen-bond donors (Lipinski definition) is 1. The van der Waals surface area contributed by atoms with Crippen LogP contribution in [-0.4, -0.2) is 49.6 Å². The molecule has 0 saturated carbocycles. The first-order chi connectivity index (χ1) is 12.5. The van der Waals surface area contributed by atoms with E-state index in [0.29, 0.717) is 11.6 Å². The average Bonchev–Trinajstić information content (AvgIpc) is 3.08. The predicted molar refractivity (Wildman–Crippen MR) is 98.8 cm³/mol. The molecule has 0 atom stereocenters. The molecule has 0 aliphatic rings. The molecule has 1 amide bonds. The van der Waals surface area contributed by atoms with E-state index in [9.17, 15) is 4.79 Å². The molecule has 1 N–H and O–H groups in total. The van der Waals surface area contributed by atoms with Crippen molar-refractivity contribution in [3.05, 3.63) is 48.7 Å². The van der Waals surface area contributed by atoms with E-state index in [1.807, 2.05) is 25.1 Å². The number of likely N-dealkylation sites (N-methyl/N-ethyl adjacent to an activating group) is 1. The summed E-state index contributed by atoms with van der Waals surface area (Å²) in [5.41, 5.74) is 2.60. The van der Waals surface area contributed by atoms with Crippen LogP contribution in [0.25, 0.3) is 11.4 Å². The van der Waals surface area contributed by atoms with Gasteiger partial charge in [0.15, 0.2) is 5.82 Å². The molecule has 3 heterocycles. The van der Waals surface area contributed by atoms with Gasteiger partial charge in [-0.2, -0.15) is 5.10 Å². The van der Waals surface area contributed by atoms with Gasteiger partial charge in [-0.25, -0.2) is 9.97 Å². The van der Waals surface area contributed by atoms with Crippen molar-refractivity contribution < 1.29 is 4.79 Å². The molecule has 8 heteroatoms. The highest BCUT2D eigenvalue weighted by molar-refractivity contribution is 5.75. The number of rotatable bonds is 6. The van der Waals surface area contributed by atoms with Crippen LogP contribution in [0.4, 0.5) is 11.5 Å². The fourth-order valence-electron chi connectivity index (χ4n) is 2.32. The SMILES string of the molecule is CCc1cc(Nc2cnn(CC(=O)N(C)C)c2)nc(-c2ccncc2)n1. The Bertz CT molecular complexity index is 890. The number of carbonyl (C=O) groups is 1. The van der Waals surface area contributed by atoms with Crippen LogP contribution < -0.4 is 5.32 Å². The number of anilines is 2. The number of hydrogen-bond acceptors (Lipinski definition) is 6. The summed E-state index contributed by atoms with van der Waals surface area (Å²) >= 11 is 0. The van der Waals surface area contributed by atoms with Crippen molar-refractivity contribution >= 4 is 17.4 Å². The molecule has 134 valence electrons. The second-order valence-corrected chi connectivity index (χ2v) is 6.00.